The molecule has 7 nitrogen and oxygen atoms in total. The van der Waals surface area contributed by atoms with Crippen molar-refractivity contribution in [2.45, 2.75) is 32.9 Å². The average molecular weight is 331 g/mol. The number of hydrogen-bond donors (Lipinski definition) is 2. The number of nitro groups is 1. The zero-order chi connectivity index (χ0) is 17.6. The maximum Gasteiger partial charge on any atom is 0.407 e. The lowest BCUT2D eigenvalue weighted by Crippen LogP contribution is -2.36. The van der Waals surface area contributed by atoms with E-state index in [4.69, 9.17) is 4.74 Å². The number of alkyl carbamates (subject to hydrolysis) is 1. The Kier molecular flexibility index (Phi) is 6.38. The fourth-order valence-corrected chi connectivity index (χ4v) is 1.65. The van der Waals surface area contributed by atoms with E-state index in [1.54, 1.807) is 20.8 Å². The van der Waals surface area contributed by atoms with E-state index < -0.39 is 33.9 Å². The summed E-state index contributed by atoms with van der Waals surface area (Å²) in [4.78, 5) is 21.1. The fraction of sp³-hybridized carbons (Fsp3) is 0.500. The Hall–Kier alpha value is -2.29. The zero-order valence-corrected chi connectivity index (χ0v) is 13.1. The number of amides is 1. The van der Waals surface area contributed by atoms with Crippen molar-refractivity contribution in [2.24, 2.45) is 0 Å². The van der Waals surface area contributed by atoms with Gasteiger partial charge < -0.3 is 15.4 Å². The molecule has 0 saturated heterocycles. The number of hydrogen-bond acceptors (Lipinski definition) is 5. The van der Waals surface area contributed by atoms with Gasteiger partial charge in [-0.2, -0.15) is 4.39 Å². The van der Waals surface area contributed by atoms with Gasteiger partial charge in [0.05, 0.1) is 4.92 Å². The monoisotopic (exact) mass is 331 g/mol. The molecule has 23 heavy (non-hydrogen) atoms. The number of ether oxygens (including phenoxy) is 1. The van der Waals surface area contributed by atoms with Crippen LogP contribution in [-0.4, -0.2) is 29.7 Å². The Morgan fingerprint density at radius 1 is 1.26 bits per heavy atom. The Morgan fingerprint density at radius 3 is 2.48 bits per heavy atom. The van der Waals surface area contributed by atoms with Crippen molar-refractivity contribution in [1.29, 1.82) is 0 Å². The van der Waals surface area contributed by atoms with E-state index in [1.807, 2.05) is 0 Å². The van der Waals surface area contributed by atoms with Crippen LogP contribution in [0.5, 0.6) is 0 Å². The summed E-state index contributed by atoms with van der Waals surface area (Å²) in [6.45, 7) is 5.66. The molecule has 0 bridgehead atoms. The van der Waals surface area contributed by atoms with Crippen molar-refractivity contribution in [3.63, 3.8) is 0 Å². The molecule has 128 valence electrons. The molecule has 1 amide bonds. The zero-order valence-electron chi connectivity index (χ0n) is 13.1. The summed E-state index contributed by atoms with van der Waals surface area (Å²) in [5, 5.41) is 15.9. The quantitative estimate of drug-likeness (QED) is 0.474. The molecule has 0 saturated carbocycles. The maximum absolute atomic E-state index is 13.5. The first-order valence-corrected chi connectivity index (χ1v) is 6.90. The second kappa shape index (κ2) is 7.82. The molecule has 9 heteroatoms. The molecule has 0 unspecified atom stereocenters. The highest BCUT2D eigenvalue weighted by Crippen LogP contribution is 2.21. The summed E-state index contributed by atoms with van der Waals surface area (Å²) in [6, 6.07) is 1.33. The Morgan fingerprint density at radius 2 is 1.91 bits per heavy atom. The van der Waals surface area contributed by atoms with Crippen LogP contribution in [-0.2, 0) is 11.3 Å². The van der Waals surface area contributed by atoms with Crippen LogP contribution in [0.25, 0.3) is 0 Å². The van der Waals surface area contributed by atoms with E-state index in [9.17, 15) is 23.7 Å². The summed E-state index contributed by atoms with van der Waals surface area (Å²) in [5.74, 6) is -2.09. The molecular weight excluding hydrogens is 312 g/mol. The average Bonchev–Trinajstić information content (AvgIpc) is 2.38. The van der Waals surface area contributed by atoms with Gasteiger partial charge in [0.15, 0.2) is 0 Å². The predicted octanol–water partition coefficient (Wildman–Crippen LogP) is 2.49. The van der Waals surface area contributed by atoms with Crippen molar-refractivity contribution in [2.75, 3.05) is 13.1 Å². The van der Waals surface area contributed by atoms with Crippen LogP contribution in [0.15, 0.2) is 12.1 Å². The SMILES string of the molecule is CC(C)(C)OC(=O)NCCNCc1cc([N+](=O)[O-])c(F)cc1F. The highest BCUT2D eigenvalue weighted by molar-refractivity contribution is 5.67. The summed E-state index contributed by atoms with van der Waals surface area (Å²) in [7, 11) is 0. The molecular formula is C14H19F2N3O4. The van der Waals surface area contributed by atoms with E-state index in [1.165, 1.54) is 0 Å². The number of rotatable bonds is 6. The van der Waals surface area contributed by atoms with E-state index in [-0.39, 0.29) is 25.2 Å². The summed E-state index contributed by atoms with van der Waals surface area (Å²) in [6.07, 6.45) is -0.581. The molecule has 1 aromatic carbocycles. The Labute approximate surface area is 132 Å². The fourth-order valence-electron chi connectivity index (χ4n) is 1.65. The van der Waals surface area contributed by atoms with Gasteiger partial charge in [-0.15, -0.1) is 0 Å². The van der Waals surface area contributed by atoms with Gasteiger partial charge in [0.25, 0.3) is 0 Å². The lowest BCUT2D eigenvalue weighted by Gasteiger charge is -2.19. The minimum absolute atomic E-state index is 0.0321. The molecule has 0 heterocycles. The van der Waals surface area contributed by atoms with Gasteiger partial charge in [-0.1, -0.05) is 0 Å². The molecule has 0 atom stereocenters. The number of carbonyl (C=O) groups is 1. The topological polar surface area (TPSA) is 93.5 Å². The summed E-state index contributed by atoms with van der Waals surface area (Å²) >= 11 is 0. The number of halogens is 2. The van der Waals surface area contributed by atoms with Gasteiger partial charge >= 0.3 is 11.8 Å². The van der Waals surface area contributed by atoms with Crippen molar-refractivity contribution in [1.82, 2.24) is 10.6 Å². The molecule has 0 radical (unpaired) electrons. The van der Waals surface area contributed by atoms with Gasteiger partial charge in [-0.25, -0.2) is 9.18 Å². The van der Waals surface area contributed by atoms with Crippen LogP contribution in [0.2, 0.25) is 0 Å². The number of nitrogens with zero attached hydrogens (tertiary/aromatic N) is 1. The van der Waals surface area contributed by atoms with Crippen LogP contribution in [0.4, 0.5) is 19.3 Å². The molecule has 0 aromatic heterocycles. The molecule has 0 aliphatic carbocycles. The van der Waals surface area contributed by atoms with Gasteiger partial charge in [0.1, 0.15) is 11.4 Å². The third-order valence-corrected chi connectivity index (χ3v) is 2.60. The minimum Gasteiger partial charge on any atom is -0.444 e. The van der Waals surface area contributed by atoms with E-state index in [2.05, 4.69) is 10.6 Å². The van der Waals surface area contributed by atoms with Crippen LogP contribution in [0.3, 0.4) is 0 Å². The lowest BCUT2D eigenvalue weighted by atomic mass is 10.2. The van der Waals surface area contributed by atoms with Crippen LogP contribution < -0.4 is 10.6 Å². The molecule has 1 aromatic rings. The van der Waals surface area contributed by atoms with Crippen molar-refractivity contribution < 1.29 is 23.2 Å². The van der Waals surface area contributed by atoms with Gasteiger partial charge in [-0.05, 0) is 20.8 Å². The largest absolute Gasteiger partial charge is 0.444 e. The summed E-state index contributed by atoms with van der Waals surface area (Å²) < 4.78 is 31.7. The standard InChI is InChI=1S/C14H19F2N3O4/c1-14(2,3)23-13(20)18-5-4-17-8-9-6-12(19(21)22)11(16)7-10(9)15/h6-7,17H,4-5,8H2,1-3H3,(H,18,20). The first-order valence-electron chi connectivity index (χ1n) is 6.90. The first kappa shape index (κ1) is 18.8. The summed E-state index contributed by atoms with van der Waals surface area (Å²) in [5.41, 5.74) is -1.42. The Balaban J connectivity index is 2.43. The maximum atomic E-state index is 13.5. The second-order valence-corrected chi connectivity index (χ2v) is 5.76. The molecule has 0 spiro atoms. The van der Waals surface area contributed by atoms with E-state index in [0.29, 0.717) is 6.07 Å². The van der Waals surface area contributed by atoms with Crippen LogP contribution >= 0.6 is 0 Å². The highest BCUT2D eigenvalue weighted by Gasteiger charge is 2.18. The lowest BCUT2D eigenvalue weighted by molar-refractivity contribution is -0.387. The minimum atomic E-state index is -1.22. The Bertz CT molecular complexity index is 588. The molecule has 2 N–H and O–H groups in total. The van der Waals surface area contributed by atoms with Crippen molar-refractivity contribution in [3.05, 3.63) is 39.4 Å². The third-order valence-electron chi connectivity index (χ3n) is 2.60. The number of nitro benzene ring substituents is 1. The van der Waals surface area contributed by atoms with Gasteiger partial charge in [0.2, 0.25) is 5.82 Å². The first-order chi connectivity index (χ1) is 10.6. The third kappa shape index (κ3) is 6.55. The van der Waals surface area contributed by atoms with E-state index >= 15 is 0 Å². The molecule has 1 rings (SSSR count). The normalized spacial score (nSPS) is 11.2. The predicted molar refractivity (Wildman–Crippen MR) is 79.0 cm³/mol. The number of nitrogens with one attached hydrogen (secondary N) is 2. The van der Waals surface area contributed by atoms with E-state index in [0.717, 1.165) is 6.07 Å². The number of carbonyl (C=O) groups excluding carboxylic acids is 1. The van der Waals surface area contributed by atoms with Crippen LogP contribution in [0.1, 0.15) is 26.3 Å². The number of benzene rings is 1. The van der Waals surface area contributed by atoms with Crippen LogP contribution in [0, 0.1) is 21.7 Å². The molecule has 0 aliphatic heterocycles. The second-order valence-electron chi connectivity index (χ2n) is 5.76. The molecule has 0 fully saturated rings. The van der Waals surface area contributed by atoms with Gasteiger partial charge in [0, 0.05) is 37.3 Å². The molecule has 0 aliphatic rings. The smallest absolute Gasteiger partial charge is 0.407 e. The highest BCUT2D eigenvalue weighted by atomic mass is 19.1. The van der Waals surface area contributed by atoms with Crippen molar-refractivity contribution >= 4 is 11.8 Å². The van der Waals surface area contributed by atoms with Crippen molar-refractivity contribution in [3.8, 4) is 0 Å². The van der Waals surface area contributed by atoms with Gasteiger partial charge in [-0.3, -0.25) is 10.1 Å².